The van der Waals surface area contributed by atoms with E-state index >= 15 is 0 Å². The molecule has 0 spiro atoms. The highest BCUT2D eigenvalue weighted by Gasteiger charge is 2.61. The Kier molecular flexibility index (Phi) is 6.68. The number of nitrogens with zero attached hydrogens (tertiary/aromatic N) is 3. The minimum atomic E-state index is -0.122. The summed E-state index contributed by atoms with van der Waals surface area (Å²) >= 11 is 0. The fourth-order valence-corrected chi connectivity index (χ4v) is 6.22. The largest absolute Gasteiger partial charge is 0.384 e. The van der Waals surface area contributed by atoms with Gasteiger partial charge in [-0.1, -0.05) is 26.8 Å². The van der Waals surface area contributed by atoms with Gasteiger partial charge in [0.05, 0.1) is 13.2 Å². The summed E-state index contributed by atoms with van der Waals surface area (Å²) in [5, 5.41) is 10.0. The molecule has 1 aromatic carbocycles. The number of morpholine rings is 1. The van der Waals surface area contributed by atoms with Crippen LogP contribution < -0.4 is 16.0 Å². The van der Waals surface area contributed by atoms with E-state index in [4.69, 9.17) is 4.74 Å². The Hall–Kier alpha value is -2.71. The second-order valence-electron chi connectivity index (χ2n) is 11.0. The quantitative estimate of drug-likeness (QED) is 0.530. The van der Waals surface area contributed by atoms with Gasteiger partial charge in [0.2, 0.25) is 5.95 Å². The summed E-state index contributed by atoms with van der Waals surface area (Å²) in [6.45, 7) is 12.5. The van der Waals surface area contributed by atoms with Crippen molar-refractivity contribution >= 4 is 23.2 Å². The Bertz CT molecular complexity index is 1050. The van der Waals surface area contributed by atoms with E-state index in [0.717, 1.165) is 57.2 Å². The van der Waals surface area contributed by atoms with Gasteiger partial charge in [-0.2, -0.15) is 0 Å². The second kappa shape index (κ2) is 9.74. The molecule has 5 rings (SSSR count). The minimum absolute atomic E-state index is 0.122. The van der Waals surface area contributed by atoms with E-state index in [2.05, 4.69) is 51.6 Å². The number of hydrogen-bond acceptors (Lipinski definition) is 7. The Morgan fingerprint density at radius 1 is 1.17 bits per heavy atom. The molecule has 2 aromatic rings. The zero-order valence-electron chi connectivity index (χ0n) is 21.1. The van der Waals surface area contributed by atoms with Gasteiger partial charge in [0.25, 0.3) is 5.91 Å². The molecule has 1 aromatic heterocycles. The number of carbonyl (C=O) groups excluding carboxylic acids is 1. The molecule has 3 unspecified atom stereocenters. The van der Waals surface area contributed by atoms with Gasteiger partial charge in [0.15, 0.2) is 0 Å². The molecule has 3 atom stereocenters. The van der Waals surface area contributed by atoms with Crippen molar-refractivity contribution in [3.05, 3.63) is 42.2 Å². The van der Waals surface area contributed by atoms with Crippen LogP contribution >= 0.6 is 0 Å². The molecule has 188 valence electrons. The lowest BCUT2D eigenvalue weighted by molar-refractivity contribution is 0.0398. The van der Waals surface area contributed by atoms with Crippen molar-refractivity contribution in [2.75, 3.05) is 50.0 Å². The molecule has 2 bridgehead atoms. The third-order valence-corrected chi connectivity index (χ3v) is 8.97. The number of nitrogens with one attached hydrogen (secondary N) is 3. The fraction of sp³-hybridized carbons (Fsp3) is 0.593. The molecule has 35 heavy (non-hydrogen) atoms. The number of carbonyl (C=O) groups is 1. The van der Waals surface area contributed by atoms with Crippen molar-refractivity contribution in [2.45, 2.75) is 46.1 Å². The Morgan fingerprint density at radius 3 is 2.71 bits per heavy atom. The van der Waals surface area contributed by atoms with Crippen LogP contribution in [0, 0.1) is 16.7 Å². The maximum Gasteiger partial charge on any atom is 0.270 e. The molecule has 8 nitrogen and oxygen atoms in total. The van der Waals surface area contributed by atoms with Crippen LogP contribution in [-0.2, 0) is 4.74 Å². The highest BCUT2D eigenvalue weighted by Crippen LogP contribution is 2.65. The molecule has 2 heterocycles. The third kappa shape index (κ3) is 4.86. The molecule has 8 heteroatoms. The molecule has 1 saturated heterocycles. The summed E-state index contributed by atoms with van der Waals surface area (Å²) in [4.78, 5) is 24.3. The lowest BCUT2D eigenvalue weighted by Crippen LogP contribution is -2.47. The summed E-state index contributed by atoms with van der Waals surface area (Å²) in [5.41, 5.74) is 2.69. The topological polar surface area (TPSA) is 91.4 Å². The Labute approximate surface area is 208 Å². The summed E-state index contributed by atoms with van der Waals surface area (Å²) in [7, 11) is 0. The molecular formula is C27H38N6O2. The highest BCUT2D eigenvalue weighted by molar-refractivity contribution is 5.92. The molecule has 2 saturated carbocycles. The standard InChI is InChI=1S/C27H38N6O2/c1-26(2)19-7-9-27(26,3)23(17-19)32-24(34)22-8-10-29-25(31-22)30-21-6-4-5-20(18-21)28-11-12-33-13-15-35-16-14-33/h4-6,8,10,18-19,23,28H,7,9,11-17H2,1-3H3,(H,32,34)(H,29,30,31). The van der Waals surface area contributed by atoms with E-state index in [1.807, 2.05) is 24.3 Å². The van der Waals surface area contributed by atoms with Crippen LogP contribution in [0.4, 0.5) is 17.3 Å². The number of benzene rings is 1. The zero-order valence-corrected chi connectivity index (χ0v) is 21.1. The number of hydrogen-bond donors (Lipinski definition) is 3. The summed E-state index contributed by atoms with van der Waals surface area (Å²) in [6.07, 6.45) is 5.12. The molecule has 3 N–H and O–H groups in total. The third-order valence-electron chi connectivity index (χ3n) is 8.97. The van der Waals surface area contributed by atoms with E-state index in [1.165, 1.54) is 12.8 Å². The maximum absolute atomic E-state index is 13.1. The van der Waals surface area contributed by atoms with Crippen molar-refractivity contribution in [3.8, 4) is 0 Å². The number of rotatable bonds is 8. The van der Waals surface area contributed by atoms with Crippen molar-refractivity contribution < 1.29 is 9.53 Å². The first-order chi connectivity index (χ1) is 16.8. The van der Waals surface area contributed by atoms with Crippen LogP contribution in [0.5, 0.6) is 0 Å². The molecule has 3 aliphatic rings. The van der Waals surface area contributed by atoms with E-state index in [9.17, 15) is 4.79 Å². The van der Waals surface area contributed by atoms with Gasteiger partial charge in [-0.15, -0.1) is 0 Å². The number of aromatic nitrogens is 2. The number of amides is 1. The maximum atomic E-state index is 13.1. The van der Waals surface area contributed by atoms with E-state index in [0.29, 0.717) is 17.6 Å². The molecule has 0 radical (unpaired) electrons. The van der Waals surface area contributed by atoms with E-state index < -0.39 is 0 Å². The average molecular weight is 479 g/mol. The van der Waals surface area contributed by atoms with Gasteiger partial charge in [-0.25, -0.2) is 9.97 Å². The second-order valence-corrected chi connectivity index (χ2v) is 11.0. The van der Waals surface area contributed by atoms with Crippen molar-refractivity contribution in [1.82, 2.24) is 20.2 Å². The molecule has 3 fully saturated rings. The van der Waals surface area contributed by atoms with Crippen LogP contribution in [-0.4, -0.2) is 66.2 Å². The van der Waals surface area contributed by atoms with Gasteiger partial charge in [-0.05, 0) is 60.3 Å². The number of fused-ring (bicyclic) bond motifs is 2. The smallest absolute Gasteiger partial charge is 0.270 e. The molecular weight excluding hydrogens is 440 g/mol. The molecule has 2 aliphatic carbocycles. The highest BCUT2D eigenvalue weighted by atomic mass is 16.5. The lowest BCUT2D eigenvalue weighted by Gasteiger charge is -2.39. The van der Waals surface area contributed by atoms with Crippen molar-refractivity contribution in [3.63, 3.8) is 0 Å². The van der Waals surface area contributed by atoms with Gasteiger partial charge in [0.1, 0.15) is 5.69 Å². The average Bonchev–Trinajstić information content (AvgIpc) is 3.19. The van der Waals surface area contributed by atoms with Crippen molar-refractivity contribution in [1.29, 1.82) is 0 Å². The Balaban J connectivity index is 1.18. The predicted octanol–water partition coefficient (Wildman–Crippen LogP) is 3.91. The minimum Gasteiger partial charge on any atom is -0.384 e. The van der Waals surface area contributed by atoms with E-state index in [-0.39, 0.29) is 22.8 Å². The first-order valence-electron chi connectivity index (χ1n) is 12.9. The summed E-state index contributed by atoms with van der Waals surface area (Å²) in [6, 6.07) is 9.93. The normalized spacial score (nSPS) is 27.5. The molecule has 1 amide bonds. The molecule has 1 aliphatic heterocycles. The van der Waals surface area contributed by atoms with Crippen LogP contribution in [0.1, 0.15) is 50.5 Å². The fourth-order valence-electron chi connectivity index (χ4n) is 6.22. The van der Waals surface area contributed by atoms with E-state index in [1.54, 1.807) is 12.3 Å². The van der Waals surface area contributed by atoms with Crippen LogP contribution in [0.15, 0.2) is 36.5 Å². The van der Waals surface area contributed by atoms with Crippen LogP contribution in [0.2, 0.25) is 0 Å². The Morgan fingerprint density at radius 2 is 1.97 bits per heavy atom. The first kappa shape index (κ1) is 24.0. The van der Waals surface area contributed by atoms with Crippen LogP contribution in [0.25, 0.3) is 0 Å². The lowest BCUT2D eigenvalue weighted by atomic mass is 9.69. The monoisotopic (exact) mass is 478 g/mol. The van der Waals surface area contributed by atoms with Crippen LogP contribution in [0.3, 0.4) is 0 Å². The van der Waals surface area contributed by atoms with Gasteiger partial charge < -0.3 is 20.7 Å². The predicted molar refractivity (Wildman–Crippen MR) is 138 cm³/mol. The first-order valence-corrected chi connectivity index (χ1v) is 12.9. The van der Waals surface area contributed by atoms with Crippen molar-refractivity contribution in [2.24, 2.45) is 16.7 Å². The van der Waals surface area contributed by atoms with Gasteiger partial charge >= 0.3 is 0 Å². The zero-order chi connectivity index (χ0) is 24.5. The number of anilines is 3. The summed E-state index contributed by atoms with van der Waals surface area (Å²) < 4.78 is 5.41. The summed E-state index contributed by atoms with van der Waals surface area (Å²) in [5.74, 6) is 0.973. The van der Waals surface area contributed by atoms with Gasteiger partial charge in [0, 0.05) is 49.8 Å². The van der Waals surface area contributed by atoms with Gasteiger partial charge in [-0.3, -0.25) is 9.69 Å². The SMILES string of the molecule is CC1(C)C2CCC1(C)C(NC(=O)c1ccnc(Nc3cccc(NCCN4CCOCC4)c3)n1)C2. The number of ether oxygens (including phenoxy) is 1.